The normalized spacial score (nSPS) is 18.5. The minimum Gasteiger partial charge on any atom is -0.335 e. The van der Waals surface area contributed by atoms with Gasteiger partial charge in [-0.3, -0.25) is 19.2 Å². The summed E-state index contributed by atoms with van der Waals surface area (Å²) in [6.45, 7) is 4.18. The number of imidazole rings is 1. The van der Waals surface area contributed by atoms with E-state index < -0.39 is 30.1 Å². The van der Waals surface area contributed by atoms with Gasteiger partial charge in [-0.15, -0.1) is 0 Å². The fourth-order valence-electron chi connectivity index (χ4n) is 4.25. The summed E-state index contributed by atoms with van der Waals surface area (Å²) < 4.78 is 28.7. The van der Waals surface area contributed by atoms with E-state index in [2.05, 4.69) is 25.4 Å². The Hall–Kier alpha value is -3.90. The molecule has 0 aromatic carbocycles. The maximum absolute atomic E-state index is 13.5. The number of anilines is 1. The monoisotopic (exact) mass is 472 g/mol. The van der Waals surface area contributed by atoms with Gasteiger partial charge >= 0.3 is 6.03 Å². The van der Waals surface area contributed by atoms with Crippen molar-refractivity contribution < 1.29 is 23.2 Å². The number of nitrogens with one attached hydrogen (secondary N) is 2. The van der Waals surface area contributed by atoms with Crippen LogP contribution in [0.5, 0.6) is 0 Å². The largest absolute Gasteiger partial charge is 0.335 e. The number of hydrogen-bond donors (Lipinski definition) is 2. The quantitative estimate of drug-likeness (QED) is 0.601. The molecule has 2 aliphatic heterocycles. The second kappa shape index (κ2) is 8.15. The number of imide groups is 1. The van der Waals surface area contributed by atoms with Gasteiger partial charge in [-0.2, -0.15) is 5.10 Å². The van der Waals surface area contributed by atoms with Gasteiger partial charge in [0.15, 0.2) is 5.65 Å². The lowest BCUT2D eigenvalue weighted by Gasteiger charge is -2.35. The fraction of sp³-hybridized carbons (Fsp3) is 0.429. The molecule has 2 N–H and O–H groups in total. The molecule has 2 fully saturated rings. The molecule has 5 rings (SSSR count). The van der Waals surface area contributed by atoms with Crippen molar-refractivity contribution in [3.05, 3.63) is 24.2 Å². The van der Waals surface area contributed by atoms with E-state index in [4.69, 9.17) is 0 Å². The van der Waals surface area contributed by atoms with Crippen molar-refractivity contribution in [2.24, 2.45) is 0 Å². The number of hydrogen-bond acceptors (Lipinski definition) is 6. The van der Waals surface area contributed by atoms with E-state index >= 15 is 0 Å². The molecule has 1 atom stereocenters. The summed E-state index contributed by atoms with van der Waals surface area (Å²) in [5.74, 6) is -0.243. The van der Waals surface area contributed by atoms with Crippen LogP contribution >= 0.6 is 0 Å². The lowest BCUT2D eigenvalue weighted by molar-refractivity contribution is -0.143. The summed E-state index contributed by atoms with van der Waals surface area (Å²) in [6.07, 6.45) is 1.07. The summed E-state index contributed by atoms with van der Waals surface area (Å²) in [5.41, 5.74) is 0.333. The van der Waals surface area contributed by atoms with E-state index in [0.717, 1.165) is 11.0 Å². The lowest BCUT2D eigenvalue weighted by atomic mass is 10.1. The Morgan fingerprint density at radius 2 is 2.03 bits per heavy atom. The van der Waals surface area contributed by atoms with Crippen LogP contribution in [0.4, 0.5) is 19.3 Å². The second-order valence-electron chi connectivity index (χ2n) is 8.54. The highest BCUT2D eigenvalue weighted by Gasteiger charge is 2.43. The predicted octanol–water partition coefficient (Wildman–Crippen LogP) is 2.71. The van der Waals surface area contributed by atoms with Crippen LogP contribution in [0.25, 0.3) is 22.6 Å². The third-order valence-corrected chi connectivity index (χ3v) is 6.04. The smallest absolute Gasteiger partial charge is 0.328 e. The van der Waals surface area contributed by atoms with Gasteiger partial charge < -0.3 is 15.2 Å². The van der Waals surface area contributed by atoms with E-state index in [9.17, 15) is 23.2 Å². The van der Waals surface area contributed by atoms with E-state index in [1.165, 1.54) is 4.90 Å². The minimum atomic E-state index is -2.89. The Kier molecular flexibility index (Phi) is 5.25. The summed E-state index contributed by atoms with van der Waals surface area (Å²) in [5, 5.41) is 6.81. The Labute approximate surface area is 192 Å². The van der Waals surface area contributed by atoms with Crippen molar-refractivity contribution in [1.29, 1.82) is 0 Å². The molecule has 178 valence electrons. The fourth-order valence-corrected chi connectivity index (χ4v) is 4.25. The molecule has 0 spiro atoms. The molecule has 0 bridgehead atoms. The van der Waals surface area contributed by atoms with Gasteiger partial charge in [-0.1, -0.05) is 0 Å². The molecule has 11 nitrogen and oxygen atoms in total. The van der Waals surface area contributed by atoms with Crippen LogP contribution in [0.3, 0.4) is 0 Å². The molecule has 3 aromatic rings. The van der Waals surface area contributed by atoms with E-state index in [1.54, 1.807) is 17.1 Å². The third kappa shape index (κ3) is 3.66. The van der Waals surface area contributed by atoms with Crippen molar-refractivity contribution >= 4 is 34.7 Å². The van der Waals surface area contributed by atoms with Gasteiger partial charge in [0.25, 0.3) is 12.3 Å². The van der Waals surface area contributed by atoms with Gasteiger partial charge in [-0.05, 0) is 26.3 Å². The third-order valence-electron chi connectivity index (χ3n) is 6.04. The van der Waals surface area contributed by atoms with Gasteiger partial charge in [-0.25, -0.2) is 23.5 Å². The van der Waals surface area contributed by atoms with E-state index in [1.807, 2.05) is 13.8 Å². The molecule has 5 heterocycles. The highest BCUT2D eigenvalue weighted by molar-refractivity contribution is 6.07. The van der Waals surface area contributed by atoms with Crippen LogP contribution in [0.1, 0.15) is 44.9 Å². The number of carbonyl (C=O) groups excluding carboxylic acids is 3. The molecule has 0 saturated carbocycles. The topological polar surface area (TPSA) is 129 Å². The van der Waals surface area contributed by atoms with Crippen LogP contribution in [-0.4, -0.2) is 71.5 Å². The summed E-state index contributed by atoms with van der Waals surface area (Å²) in [7, 11) is 0. The minimum absolute atomic E-state index is 0.00191. The van der Waals surface area contributed by atoms with Gasteiger partial charge in [0.2, 0.25) is 5.91 Å². The zero-order valence-corrected chi connectivity index (χ0v) is 18.5. The first kappa shape index (κ1) is 21.9. The zero-order valence-electron chi connectivity index (χ0n) is 18.5. The van der Waals surface area contributed by atoms with Gasteiger partial charge in [0.05, 0.1) is 17.4 Å². The Balaban J connectivity index is 1.47. The highest BCUT2D eigenvalue weighted by Crippen LogP contribution is 2.30. The molecule has 34 heavy (non-hydrogen) atoms. The molecule has 3 aromatic heterocycles. The second-order valence-corrected chi connectivity index (χ2v) is 8.54. The lowest BCUT2D eigenvalue weighted by Crippen LogP contribution is -2.57. The van der Waals surface area contributed by atoms with Gasteiger partial charge in [0.1, 0.15) is 23.1 Å². The average Bonchev–Trinajstić information content (AvgIpc) is 3.52. The number of carbonyl (C=O) groups is 3. The first-order chi connectivity index (χ1) is 16.2. The molecule has 2 aliphatic rings. The molecule has 2 saturated heterocycles. The maximum Gasteiger partial charge on any atom is 0.328 e. The zero-order chi connectivity index (χ0) is 24.1. The molecule has 13 heteroatoms. The number of aromatic nitrogens is 5. The van der Waals surface area contributed by atoms with E-state index in [0.29, 0.717) is 17.8 Å². The summed E-state index contributed by atoms with van der Waals surface area (Å²) in [6, 6.07) is -0.257. The highest BCUT2D eigenvalue weighted by atomic mass is 19.3. The number of alkyl halides is 2. The number of fused-ring (bicyclic) bond motifs is 2. The number of aromatic amines is 1. The number of H-pyrrole nitrogens is 1. The SMILES string of the molecule is CC(C)n1cc(-c2nc3nc(C(F)F)cc(NC(=O)N4CCN5C(=O)CCC5C4=O)c3[nH]2)cn1. The Bertz CT molecular complexity index is 1300. The number of urea groups is 1. The molecular weight excluding hydrogens is 450 g/mol. The molecule has 0 radical (unpaired) electrons. The average molecular weight is 472 g/mol. The van der Waals surface area contributed by atoms with Crippen LogP contribution in [0, 0.1) is 0 Å². The summed E-state index contributed by atoms with van der Waals surface area (Å²) in [4.78, 5) is 51.4. The maximum atomic E-state index is 13.5. The number of pyridine rings is 1. The number of amides is 4. The first-order valence-corrected chi connectivity index (χ1v) is 10.9. The number of piperazine rings is 1. The number of halogens is 2. The van der Waals surface area contributed by atoms with Crippen molar-refractivity contribution in [2.45, 2.75) is 45.2 Å². The van der Waals surface area contributed by atoms with Gasteiger partial charge in [0, 0.05) is 31.7 Å². The van der Waals surface area contributed by atoms with Crippen LogP contribution in [0.15, 0.2) is 18.5 Å². The Morgan fingerprint density at radius 3 is 2.74 bits per heavy atom. The molecule has 1 unspecified atom stereocenters. The van der Waals surface area contributed by atoms with Crippen molar-refractivity contribution in [2.75, 3.05) is 18.4 Å². The first-order valence-electron chi connectivity index (χ1n) is 10.9. The predicted molar refractivity (Wildman–Crippen MR) is 116 cm³/mol. The van der Waals surface area contributed by atoms with Crippen LogP contribution in [0.2, 0.25) is 0 Å². The number of nitrogens with zero attached hydrogens (tertiary/aromatic N) is 6. The van der Waals surface area contributed by atoms with Crippen molar-refractivity contribution in [1.82, 2.24) is 34.5 Å². The molecular formula is C21H22F2N8O3. The van der Waals surface area contributed by atoms with Crippen molar-refractivity contribution in [3.8, 4) is 11.4 Å². The van der Waals surface area contributed by atoms with Crippen LogP contribution < -0.4 is 5.32 Å². The molecule has 4 amide bonds. The summed E-state index contributed by atoms with van der Waals surface area (Å²) >= 11 is 0. The van der Waals surface area contributed by atoms with Crippen molar-refractivity contribution in [3.63, 3.8) is 0 Å². The standard InChI is InChI=1S/C21H22F2N8O3/c1-10(2)31-9-11(8-24-31)18-27-16-12(7-13(17(22)23)25-19(16)28-18)26-21(34)30-6-5-29-14(20(30)33)3-4-15(29)32/h7-10,14,17H,3-6H2,1-2H3,(H2,25,26,27,28,34). The van der Waals surface area contributed by atoms with Crippen LogP contribution in [-0.2, 0) is 9.59 Å². The van der Waals surface area contributed by atoms with E-state index in [-0.39, 0.29) is 48.3 Å². The Morgan fingerprint density at radius 1 is 1.24 bits per heavy atom. The molecule has 0 aliphatic carbocycles. The number of rotatable bonds is 4.